The quantitative estimate of drug-likeness (QED) is 0.811. The van der Waals surface area contributed by atoms with Crippen LogP contribution in [0.1, 0.15) is 31.6 Å². The third kappa shape index (κ3) is 6.38. The first-order chi connectivity index (χ1) is 8.47. The topological polar surface area (TPSA) is 49.3 Å². The van der Waals surface area contributed by atoms with Crippen molar-refractivity contribution in [2.75, 3.05) is 6.54 Å². The van der Waals surface area contributed by atoms with Gasteiger partial charge in [0.15, 0.2) is 0 Å². The molecule has 0 aliphatic carbocycles. The highest BCUT2D eigenvalue weighted by Crippen LogP contribution is 2.20. The SMILES string of the molecule is CC(O)CC(C)CNC(=O)CCc1cc(Cl)cs1. The van der Waals surface area contributed by atoms with E-state index in [0.29, 0.717) is 25.3 Å². The van der Waals surface area contributed by atoms with E-state index in [4.69, 9.17) is 11.6 Å². The van der Waals surface area contributed by atoms with Crippen LogP contribution >= 0.6 is 22.9 Å². The lowest BCUT2D eigenvalue weighted by molar-refractivity contribution is -0.121. The summed E-state index contributed by atoms with van der Waals surface area (Å²) < 4.78 is 0. The summed E-state index contributed by atoms with van der Waals surface area (Å²) in [6.45, 7) is 4.40. The van der Waals surface area contributed by atoms with Crippen LogP contribution in [0.2, 0.25) is 5.02 Å². The minimum atomic E-state index is -0.315. The Morgan fingerprint density at radius 3 is 2.83 bits per heavy atom. The Labute approximate surface area is 117 Å². The summed E-state index contributed by atoms with van der Waals surface area (Å²) in [6, 6.07) is 1.90. The minimum absolute atomic E-state index is 0.0527. The zero-order chi connectivity index (χ0) is 13.5. The predicted molar refractivity (Wildman–Crippen MR) is 76.1 cm³/mol. The molecule has 1 heterocycles. The van der Waals surface area contributed by atoms with Gasteiger partial charge in [0.2, 0.25) is 5.91 Å². The Bertz CT molecular complexity index is 379. The number of carbonyl (C=O) groups is 1. The van der Waals surface area contributed by atoms with E-state index in [1.807, 2.05) is 18.4 Å². The van der Waals surface area contributed by atoms with Crippen molar-refractivity contribution in [2.45, 2.75) is 39.2 Å². The number of thiophene rings is 1. The third-order valence-corrected chi connectivity index (χ3v) is 3.96. The number of halogens is 1. The summed E-state index contributed by atoms with van der Waals surface area (Å²) in [5.74, 6) is 0.349. The fourth-order valence-corrected chi connectivity index (χ4v) is 2.84. The van der Waals surface area contributed by atoms with Crippen LogP contribution in [0.3, 0.4) is 0 Å². The molecule has 2 unspecified atom stereocenters. The van der Waals surface area contributed by atoms with E-state index in [1.54, 1.807) is 18.3 Å². The number of aliphatic hydroxyl groups excluding tert-OH is 1. The highest BCUT2D eigenvalue weighted by Gasteiger charge is 2.09. The Kier molecular flexibility index (Phi) is 6.68. The Morgan fingerprint density at radius 2 is 2.28 bits per heavy atom. The molecular formula is C13H20ClNO2S. The van der Waals surface area contributed by atoms with Gasteiger partial charge in [-0.3, -0.25) is 4.79 Å². The number of hydrogen-bond donors (Lipinski definition) is 2. The van der Waals surface area contributed by atoms with Crippen molar-refractivity contribution in [3.05, 3.63) is 21.3 Å². The van der Waals surface area contributed by atoms with Crippen LogP contribution < -0.4 is 5.32 Å². The van der Waals surface area contributed by atoms with E-state index in [1.165, 1.54) is 0 Å². The summed E-state index contributed by atoms with van der Waals surface area (Å²) in [5, 5.41) is 14.7. The van der Waals surface area contributed by atoms with E-state index in [2.05, 4.69) is 5.32 Å². The third-order valence-electron chi connectivity index (χ3n) is 2.61. The average molecular weight is 290 g/mol. The molecule has 1 amide bonds. The molecular weight excluding hydrogens is 270 g/mol. The first-order valence-corrected chi connectivity index (χ1v) is 7.40. The van der Waals surface area contributed by atoms with Crippen molar-refractivity contribution >= 4 is 28.8 Å². The summed E-state index contributed by atoms with van der Waals surface area (Å²) in [7, 11) is 0. The van der Waals surface area contributed by atoms with Crippen molar-refractivity contribution in [1.82, 2.24) is 5.32 Å². The van der Waals surface area contributed by atoms with Crippen LogP contribution in [0.15, 0.2) is 11.4 Å². The molecule has 0 aliphatic heterocycles. The second kappa shape index (κ2) is 7.77. The number of amides is 1. The van der Waals surface area contributed by atoms with Crippen molar-refractivity contribution in [3.63, 3.8) is 0 Å². The summed E-state index contributed by atoms with van der Waals surface area (Å²) in [4.78, 5) is 12.7. The van der Waals surface area contributed by atoms with Gasteiger partial charge in [-0.1, -0.05) is 18.5 Å². The second-order valence-corrected chi connectivity index (χ2v) is 6.16. The van der Waals surface area contributed by atoms with Gasteiger partial charge in [0, 0.05) is 23.2 Å². The fourth-order valence-electron chi connectivity index (χ4n) is 1.76. The van der Waals surface area contributed by atoms with Gasteiger partial charge in [0.25, 0.3) is 0 Å². The summed E-state index contributed by atoms with van der Waals surface area (Å²) >= 11 is 7.39. The van der Waals surface area contributed by atoms with Gasteiger partial charge in [-0.15, -0.1) is 11.3 Å². The lowest BCUT2D eigenvalue weighted by Crippen LogP contribution is -2.29. The minimum Gasteiger partial charge on any atom is -0.393 e. The molecule has 0 aliphatic rings. The maximum atomic E-state index is 11.6. The normalized spacial score (nSPS) is 14.2. The number of rotatable bonds is 7. The zero-order valence-electron chi connectivity index (χ0n) is 10.8. The molecule has 1 rings (SSSR count). The maximum absolute atomic E-state index is 11.6. The number of aliphatic hydroxyl groups is 1. The molecule has 18 heavy (non-hydrogen) atoms. The smallest absolute Gasteiger partial charge is 0.220 e. The monoisotopic (exact) mass is 289 g/mol. The van der Waals surface area contributed by atoms with Gasteiger partial charge in [-0.05, 0) is 31.7 Å². The number of aryl methyl sites for hydroxylation is 1. The number of nitrogens with one attached hydrogen (secondary N) is 1. The molecule has 2 N–H and O–H groups in total. The molecule has 0 saturated carbocycles. The second-order valence-electron chi connectivity index (χ2n) is 4.73. The van der Waals surface area contributed by atoms with Crippen LogP contribution in [-0.4, -0.2) is 23.7 Å². The van der Waals surface area contributed by atoms with E-state index >= 15 is 0 Å². The van der Waals surface area contributed by atoms with Gasteiger partial charge in [-0.2, -0.15) is 0 Å². The van der Waals surface area contributed by atoms with Gasteiger partial charge >= 0.3 is 0 Å². The van der Waals surface area contributed by atoms with Crippen molar-refractivity contribution in [1.29, 1.82) is 0 Å². The Balaban J connectivity index is 2.18. The predicted octanol–water partition coefficient (Wildman–Crippen LogP) is 2.86. The largest absolute Gasteiger partial charge is 0.393 e. The van der Waals surface area contributed by atoms with Crippen molar-refractivity contribution in [2.24, 2.45) is 5.92 Å². The molecule has 0 spiro atoms. The van der Waals surface area contributed by atoms with E-state index in [9.17, 15) is 9.90 Å². The average Bonchev–Trinajstić information content (AvgIpc) is 2.69. The Morgan fingerprint density at radius 1 is 1.56 bits per heavy atom. The first-order valence-electron chi connectivity index (χ1n) is 6.15. The Hall–Kier alpha value is -0.580. The van der Waals surface area contributed by atoms with Crippen LogP contribution in [-0.2, 0) is 11.2 Å². The number of carbonyl (C=O) groups excluding carboxylic acids is 1. The highest BCUT2D eigenvalue weighted by molar-refractivity contribution is 7.10. The van der Waals surface area contributed by atoms with Crippen LogP contribution in [0.25, 0.3) is 0 Å². The lowest BCUT2D eigenvalue weighted by Gasteiger charge is -2.14. The summed E-state index contributed by atoms with van der Waals surface area (Å²) in [5.41, 5.74) is 0. The van der Waals surface area contributed by atoms with Gasteiger partial charge in [-0.25, -0.2) is 0 Å². The van der Waals surface area contributed by atoms with Crippen LogP contribution in [0.5, 0.6) is 0 Å². The molecule has 5 heteroatoms. The summed E-state index contributed by atoms with van der Waals surface area (Å²) in [6.07, 6.45) is 1.61. The number of hydrogen-bond acceptors (Lipinski definition) is 3. The molecule has 3 nitrogen and oxygen atoms in total. The highest BCUT2D eigenvalue weighted by atomic mass is 35.5. The van der Waals surface area contributed by atoms with Crippen LogP contribution in [0, 0.1) is 5.92 Å². The molecule has 0 radical (unpaired) electrons. The zero-order valence-corrected chi connectivity index (χ0v) is 12.4. The standard InChI is InChI=1S/C13H20ClNO2S/c1-9(5-10(2)16)7-15-13(17)4-3-12-6-11(14)8-18-12/h6,8-10,16H,3-5,7H2,1-2H3,(H,15,17). The molecule has 1 aromatic heterocycles. The van der Waals surface area contributed by atoms with Crippen molar-refractivity contribution in [3.8, 4) is 0 Å². The molecule has 2 atom stereocenters. The lowest BCUT2D eigenvalue weighted by atomic mass is 10.0. The molecule has 0 aromatic carbocycles. The molecule has 0 bridgehead atoms. The van der Waals surface area contributed by atoms with Gasteiger partial charge in [0.05, 0.1) is 11.1 Å². The first kappa shape index (κ1) is 15.5. The molecule has 102 valence electrons. The molecule has 0 fully saturated rings. The fraction of sp³-hybridized carbons (Fsp3) is 0.615. The van der Waals surface area contributed by atoms with Crippen LogP contribution in [0.4, 0.5) is 0 Å². The van der Waals surface area contributed by atoms with Gasteiger partial charge < -0.3 is 10.4 Å². The van der Waals surface area contributed by atoms with Crippen molar-refractivity contribution < 1.29 is 9.90 Å². The molecule has 0 saturated heterocycles. The van der Waals surface area contributed by atoms with Gasteiger partial charge in [0.1, 0.15) is 0 Å². The van der Waals surface area contributed by atoms with E-state index in [0.717, 1.165) is 16.3 Å². The van der Waals surface area contributed by atoms with E-state index < -0.39 is 0 Å². The maximum Gasteiger partial charge on any atom is 0.220 e. The molecule has 1 aromatic rings. The van der Waals surface area contributed by atoms with E-state index in [-0.39, 0.29) is 12.0 Å².